The molecule has 0 amide bonds. The molecule has 0 fully saturated rings. The summed E-state index contributed by atoms with van der Waals surface area (Å²) in [4.78, 5) is 27.3. The second kappa shape index (κ2) is 14.2. The first-order chi connectivity index (χ1) is 24.2. The van der Waals surface area contributed by atoms with E-state index in [-0.39, 0.29) is 35.8 Å². The zero-order chi connectivity index (χ0) is 36.5. The SMILES string of the molecule is COc1cc2c(OCc3ccc(C(F)(F)F)cc3)c(C(=O)OC(=O)c3ccc4sc(OC)cc4c3OCc3ccc(C(F)(F)F)cc3)ccc2s1. The number of halogens is 6. The molecule has 0 spiro atoms. The van der Waals surface area contributed by atoms with Gasteiger partial charge in [0, 0.05) is 32.3 Å². The Morgan fingerprint density at radius 3 is 1.27 bits per heavy atom. The van der Waals surface area contributed by atoms with Crippen LogP contribution < -0.4 is 18.9 Å². The highest BCUT2D eigenvalue weighted by atomic mass is 32.1. The largest absolute Gasteiger partial charge is 0.487 e. The van der Waals surface area contributed by atoms with Crippen LogP contribution in [0.25, 0.3) is 20.2 Å². The van der Waals surface area contributed by atoms with Gasteiger partial charge in [-0.15, -0.1) is 0 Å². The van der Waals surface area contributed by atoms with Crippen LogP contribution in [0.5, 0.6) is 21.6 Å². The van der Waals surface area contributed by atoms with Crippen molar-refractivity contribution in [2.45, 2.75) is 25.6 Å². The van der Waals surface area contributed by atoms with Crippen LogP contribution in [0, 0.1) is 0 Å². The van der Waals surface area contributed by atoms with Gasteiger partial charge in [-0.05, 0) is 59.7 Å². The molecular weight excluding hydrogens is 723 g/mol. The standard InChI is InChI=1S/C36H24F6O7S2/c1-45-29-15-25-27(50-29)13-11-23(31(25)47-17-19-3-7-21(8-4-19)35(37,38)39)33(43)49-34(44)24-12-14-28-26(16-30(46-2)51-28)32(24)48-18-20-5-9-22(10-6-20)36(40,41)42/h3-16H,17-18H2,1-2H3. The summed E-state index contributed by atoms with van der Waals surface area (Å²) in [6.45, 7) is -0.440. The lowest BCUT2D eigenvalue weighted by atomic mass is 10.1. The van der Waals surface area contributed by atoms with E-state index in [1.807, 2.05) is 0 Å². The summed E-state index contributed by atoms with van der Waals surface area (Å²) >= 11 is 2.51. The van der Waals surface area contributed by atoms with Crippen LogP contribution in [-0.2, 0) is 30.3 Å². The highest BCUT2D eigenvalue weighted by Gasteiger charge is 2.31. The van der Waals surface area contributed by atoms with Crippen LogP contribution in [0.3, 0.4) is 0 Å². The van der Waals surface area contributed by atoms with Crippen molar-refractivity contribution in [3.63, 3.8) is 0 Å². The van der Waals surface area contributed by atoms with Gasteiger partial charge in [-0.25, -0.2) is 9.59 Å². The Labute approximate surface area is 293 Å². The minimum Gasteiger partial charge on any atom is -0.487 e. The van der Waals surface area contributed by atoms with Gasteiger partial charge >= 0.3 is 24.3 Å². The van der Waals surface area contributed by atoms with E-state index in [9.17, 15) is 35.9 Å². The third-order valence-electron chi connectivity index (χ3n) is 7.61. The number of fused-ring (bicyclic) bond motifs is 2. The van der Waals surface area contributed by atoms with Gasteiger partial charge in [0.25, 0.3) is 0 Å². The molecule has 51 heavy (non-hydrogen) atoms. The minimum atomic E-state index is -4.52. The summed E-state index contributed by atoms with van der Waals surface area (Å²) in [5.74, 6) is -2.15. The molecular formula is C36H24F6O7S2. The average Bonchev–Trinajstić information content (AvgIpc) is 3.73. The fourth-order valence-electron chi connectivity index (χ4n) is 5.04. The summed E-state index contributed by atoms with van der Waals surface area (Å²) in [5, 5.41) is 1.86. The van der Waals surface area contributed by atoms with E-state index in [0.29, 0.717) is 41.4 Å². The summed E-state index contributed by atoms with van der Waals surface area (Å²) < 4.78 is 108. The number of benzene rings is 4. The van der Waals surface area contributed by atoms with E-state index >= 15 is 0 Å². The molecule has 0 aliphatic carbocycles. The molecule has 6 aromatic rings. The maximum Gasteiger partial charge on any atom is 0.416 e. The number of methoxy groups -OCH3 is 2. The number of thiophene rings is 2. The lowest BCUT2D eigenvalue weighted by Crippen LogP contribution is -2.15. The Hall–Kier alpha value is -5.28. The van der Waals surface area contributed by atoms with Gasteiger partial charge in [-0.2, -0.15) is 26.3 Å². The van der Waals surface area contributed by atoms with Gasteiger partial charge in [0.2, 0.25) is 0 Å². The predicted octanol–water partition coefficient (Wildman–Crippen LogP) is 10.3. The molecule has 0 bridgehead atoms. The maximum absolute atomic E-state index is 13.6. The number of esters is 2. The number of carbonyl (C=O) groups is 2. The topological polar surface area (TPSA) is 80.3 Å². The van der Waals surface area contributed by atoms with Crippen LogP contribution >= 0.6 is 22.7 Å². The quantitative estimate of drug-likeness (QED) is 0.0784. The molecule has 0 radical (unpaired) electrons. The van der Waals surface area contributed by atoms with Crippen molar-refractivity contribution in [1.82, 2.24) is 0 Å². The Kier molecular flexibility index (Phi) is 9.86. The first kappa shape index (κ1) is 35.5. The smallest absolute Gasteiger partial charge is 0.416 e. The summed E-state index contributed by atoms with van der Waals surface area (Å²) in [7, 11) is 2.91. The van der Waals surface area contributed by atoms with Crippen LogP contribution in [0.2, 0.25) is 0 Å². The maximum atomic E-state index is 13.6. The summed E-state index contributed by atoms with van der Waals surface area (Å²) in [6.07, 6.45) is -9.04. The van der Waals surface area contributed by atoms with E-state index in [1.165, 1.54) is 73.3 Å². The Morgan fingerprint density at radius 2 is 0.941 bits per heavy atom. The molecule has 4 aromatic carbocycles. The van der Waals surface area contributed by atoms with Crippen molar-refractivity contribution >= 4 is 54.8 Å². The first-order valence-electron chi connectivity index (χ1n) is 14.8. The molecule has 2 heterocycles. The fraction of sp³-hybridized carbons (Fsp3) is 0.167. The minimum absolute atomic E-state index is 0.0153. The zero-order valence-electron chi connectivity index (χ0n) is 26.4. The van der Waals surface area contributed by atoms with Crippen molar-refractivity contribution < 1.29 is 59.6 Å². The highest BCUT2D eigenvalue weighted by molar-refractivity contribution is 7.21. The molecule has 6 rings (SSSR count). The van der Waals surface area contributed by atoms with Crippen molar-refractivity contribution in [3.05, 3.63) is 118 Å². The molecule has 0 atom stereocenters. The van der Waals surface area contributed by atoms with Gasteiger partial charge in [0.1, 0.15) is 35.8 Å². The molecule has 0 saturated heterocycles. The highest BCUT2D eigenvalue weighted by Crippen LogP contribution is 2.42. The van der Waals surface area contributed by atoms with Crippen LogP contribution in [0.15, 0.2) is 84.9 Å². The van der Waals surface area contributed by atoms with E-state index < -0.39 is 35.4 Å². The monoisotopic (exact) mass is 746 g/mol. The average molecular weight is 747 g/mol. The van der Waals surface area contributed by atoms with Gasteiger partial charge in [0.15, 0.2) is 10.1 Å². The second-order valence-corrected chi connectivity index (χ2v) is 13.0. The van der Waals surface area contributed by atoms with E-state index in [2.05, 4.69) is 0 Å². The van der Waals surface area contributed by atoms with Gasteiger partial charge in [-0.3, -0.25) is 0 Å². The first-order valence-corrected chi connectivity index (χ1v) is 16.4. The van der Waals surface area contributed by atoms with Crippen molar-refractivity contribution in [1.29, 1.82) is 0 Å². The molecule has 15 heteroatoms. The Morgan fingerprint density at radius 1 is 0.569 bits per heavy atom. The number of ether oxygens (including phenoxy) is 5. The molecule has 0 aliphatic rings. The molecule has 7 nitrogen and oxygen atoms in total. The number of hydrogen-bond acceptors (Lipinski definition) is 9. The predicted molar refractivity (Wildman–Crippen MR) is 178 cm³/mol. The van der Waals surface area contributed by atoms with E-state index in [4.69, 9.17) is 23.7 Å². The van der Waals surface area contributed by atoms with Crippen molar-refractivity contribution in [2.24, 2.45) is 0 Å². The second-order valence-electron chi connectivity index (χ2n) is 10.9. The number of rotatable bonds is 10. The van der Waals surface area contributed by atoms with Crippen molar-refractivity contribution in [3.8, 4) is 21.6 Å². The van der Waals surface area contributed by atoms with Crippen LogP contribution in [-0.4, -0.2) is 26.2 Å². The lowest BCUT2D eigenvalue weighted by Gasteiger charge is -2.15. The number of hydrogen-bond donors (Lipinski definition) is 0. The fourth-order valence-corrected chi connectivity index (χ4v) is 6.79. The van der Waals surface area contributed by atoms with E-state index in [0.717, 1.165) is 24.3 Å². The van der Waals surface area contributed by atoms with Gasteiger partial charge in [0.05, 0.1) is 25.3 Å². The van der Waals surface area contributed by atoms with Crippen LogP contribution in [0.4, 0.5) is 26.3 Å². The third-order valence-corrected chi connectivity index (χ3v) is 9.74. The molecule has 264 valence electrons. The molecule has 0 aliphatic heterocycles. The van der Waals surface area contributed by atoms with Crippen LogP contribution in [0.1, 0.15) is 43.0 Å². The summed E-state index contributed by atoms with van der Waals surface area (Å²) in [5.41, 5.74) is -1.19. The summed E-state index contributed by atoms with van der Waals surface area (Å²) in [6, 6.07) is 17.9. The molecule has 2 aromatic heterocycles. The third kappa shape index (κ3) is 7.73. The molecule has 0 saturated carbocycles. The Bertz CT molecular complexity index is 2060. The lowest BCUT2D eigenvalue weighted by molar-refractivity contribution is -0.138. The molecule has 0 unspecified atom stereocenters. The van der Waals surface area contributed by atoms with Gasteiger partial charge < -0.3 is 23.7 Å². The molecule has 0 N–H and O–H groups in total. The number of alkyl halides is 6. The zero-order valence-corrected chi connectivity index (χ0v) is 28.1. The van der Waals surface area contributed by atoms with E-state index in [1.54, 1.807) is 24.3 Å². The van der Waals surface area contributed by atoms with Crippen molar-refractivity contribution in [2.75, 3.05) is 14.2 Å². The van der Waals surface area contributed by atoms with Gasteiger partial charge in [-0.1, -0.05) is 46.9 Å². The Balaban J connectivity index is 1.29. The normalized spacial score (nSPS) is 11.8. The number of carbonyl (C=O) groups excluding carboxylic acids is 2.